The van der Waals surface area contributed by atoms with Gasteiger partial charge in [0.15, 0.2) is 0 Å². The van der Waals surface area contributed by atoms with Crippen molar-refractivity contribution in [1.29, 1.82) is 0 Å². The van der Waals surface area contributed by atoms with Crippen molar-refractivity contribution in [2.75, 3.05) is 0 Å². The maximum atomic E-state index is 5.20. The Balaban J connectivity index is 1.01. The average molecular weight is 831 g/mol. The lowest BCUT2D eigenvalue weighted by atomic mass is 9.92. The zero-order valence-corrected chi connectivity index (χ0v) is 35.1. The van der Waals surface area contributed by atoms with Crippen LogP contribution in [0.3, 0.4) is 0 Å². The van der Waals surface area contributed by atoms with Crippen molar-refractivity contribution >= 4 is 49.3 Å². The van der Waals surface area contributed by atoms with Gasteiger partial charge < -0.3 is 4.57 Å². The van der Waals surface area contributed by atoms with E-state index in [1.54, 1.807) is 6.20 Å². The van der Waals surface area contributed by atoms with Crippen molar-refractivity contribution in [3.05, 3.63) is 231 Å². The molecule has 0 radical (unpaired) electrons. The molecule has 65 heavy (non-hydrogen) atoms. The number of nitrogens with zero attached hydrogens (tertiary/aromatic N) is 6. The van der Waals surface area contributed by atoms with Gasteiger partial charge in [0.2, 0.25) is 5.78 Å². The molecule has 0 unspecified atom stereocenters. The first-order valence-corrected chi connectivity index (χ1v) is 21.9. The summed E-state index contributed by atoms with van der Waals surface area (Å²) in [5, 5.41) is 6.02. The van der Waals surface area contributed by atoms with Crippen LogP contribution in [0.5, 0.6) is 0 Å². The van der Waals surface area contributed by atoms with Crippen LogP contribution >= 0.6 is 0 Å². The molecule has 13 aromatic rings. The molecule has 13 rings (SSSR count). The van der Waals surface area contributed by atoms with Crippen LogP contribution in [0.15, 0.2) is 231 Å². The molecular formula is C59H38N6. The van der Waals surface area contributed by atoms with Gasteiger partial charge in [0.25, 0.3) is 0 Å². The largest absolute Gasteiger partial charge is 0.308 e. The molecule has 0 spiro atoms. The van der Waals surface area contributed by atoms with Gasteiger partial charge in [0, 0.05) is 57.4 Å². The molecule has 0 aliphatic rings. The van der Waals surface area contributed by atoms with Gasteiger partial charge in [-0.15, -0.1) is 0 Å². The quantitative estimate of drug-likeness (QED) is 0.150. The summed E-state index contributed by atoms with van der Waals surface area (Å²) < 4.78 is 6.71. The highest BCUT2D eigenvalue weighted by Crippen LogP contribution is 2.47. The first-order valence-electron chi connectivity index (χ1n) is 21.9. The van der Waals surface area contributed by atoms with Crippen molar-refractivity contribution in [3.8, 4) is 67.5 Å². The molecule has 4 heterocycles. The molecule has 0 amide bonds. The Bertz CT molecular complexity index is 3870. The maximum Gasteiger partial charge on any atom is 0.234 e. The van der Waals surface area contributed by atoms with Crippen molar-refractivity contribution in [2.45, 2.75) is 0 Å². The van der Waals surface area contributed by atoms with Crippen LogP contribution in [0.1, 0.15) is 0 Å². The van der Waals surface area contributed by atoms with Gasteiger partial charge in [0.05, 0.1) is 27.9 Å². The number of rotatable bonds is 7. The molecule has 0 aliphatic carbocycles. The standard InChI is InChI=1S/C59H38N6/c1-4-14-41(15-5-1)55-51-35-33-49-47-21-12-20-46(39-24-26-40(27-25-39)53-38-63-37-13-36-60-59(63)62-53)48(47)32-34-50(49)57(51)65(56(55)42-16-6-2-7-17-42)45-30-28-43(29-31-45)58-61-52-22-10-11-23-54(52)64(58)44-18-8-3-9-19-44/h1-38H. The fourth-order valence-electron chi connectivity index (χ4n) is 9.84. The maximum absolute atomic E-state index is 5.20. The van der Waals surface area contributed by atoms with Crippen LogP contribution in [-0.2, 0) is 0 Å². The minimum Gasteiger partial charge on any atom is -0.308 e. The minimum absolute atomic E-state index is 0.692. The molecule has 0 saturated carbocycles. The number of imidazole rings is 2. The zero-order chi connectivity index (χ0) is 42.8. The minimum atomic E-state index is 0.692. The Morgan fingerprint density at radius 3 is 1.80 bits per heavy atom. The van der Waals surface area contributed by atoms with E-state index in [0.29, 0.717) is 5.78 Å². The van der Waals surface area contributed by atoms with E-state index in [0.717, 1.165) is 61.9 Å². The monoisotopic (exact) mass is 830 g/mol. The van der Waals surface area contributed by atoms with Gasteiger partial charge in [-0.25, -0.2) is 15.0 Å². The van der Waals surface area contributed by atoms with Crippen molar-refractivity contribution in [1.82, 2.24) is 28.5 Å². The summed E-state index contributed by atoms with van der Waals surface area (Å²) in [7, 11) is 0. The average Bonchev–Trinajstić information content (AvgIpc) is 4.10. The third kappa shape index (κ3) is 5.99. The molecule has 9 aromatic carbocycles. The predicted octanol–water partition coefficient (Wildman–Crippen LogP) is 14.7. The van der Waals surface area contributed by atoms with Gasteiger partial charge in [-0.3, -0.25) is 8.97 Å². The Hall–Kier alpha value is -8.87. The number of fused-ring (bicyclic) bond motifs is 7. The van der Waals surface area contributed by atoms with E-state index in [4.69, 9.17) is 9.97 Å². The van der Waals surface area contributed by atoms with E-state index >= 15 is 0 Å². The Kier molecular flexibility index (Phi) is 8.42. The predicted molar refractivity (Wildman–Crippen MR) is 267 cm³/mol. The third-order valence-electron chi connectivity index (χ3n) is 12.8. The van der Waals surface area contributed by atoms with E-state index in [9.17, 15) is 0 Å². The van der Waals surface area contributed by atoms with Gasteiger partial charge in [0.1, 0.15) is 5.82 Å². The Morgan fingerprint density at radius 1 is 0.385 bits per heavy atom. The van der Waals surface area contributed by atoms with E-state index in [1.165, 1.54) is 49.1 Å². The molecule has 0 saturated heterocycles. The van der Waals surface area contributed by atoms with Crippen LogP contribution < -0.4 is 0 Å². The molecule has 6 heteroatoms. The fraction of sp³-hybridized carbons (Fsp3) is 0. The van der Waals surface area contributed by atoms with Crippen LogP contribution in [0.25, 0.3) is 117 Å². The summed E-state index contributed by atoms with van der Waals surface area (Å²) in [5.74, 6) is 1.60. The number of para-hydroxylation sites is 3. The summed E-state index contributed by atoms with van der Waals surface area (Å²) >= 11 is 0. The van der Waals surface area contributed by atoms with E-state index in [2.05, 4.69) is 220 Å². The second-order valence-electron chi connectivity index (χ2n) is 16.5. The first kappa shape index (κ1) is 36.8. The molecule has 4 aromatic heterocycles. The highest BCUT2D eigenvalue weighted by Gasteiger charge is 2.24. The molecule has 0 aliphatic heterocycles. The van der Waals surface area contributed by atoms with Crippen molar-refractivity contribution in [2.24, 2.45) is 0 Å². The van der Waals surface area contributed by atoms with Gasteiger partial charge in [-0.1, -0.05) is 158 Å². The summed E-state index contributed by atoms with van der Waals surface area (Å²) in [6.07, 6.45) is 5.78. The van der Waals surface area contributed by atoms with Gasteiger partial charge in [-0.05, 0) is 93.0 Å². The second-order valence-corrected chi connectivity index (χ2v) is 16.5. The molecule has 0 bridgehead atoms. The highest BCUT2D eigenvalue weighted by molar-refractivity contribution is 6.22. The summed E-state index contributed by atoms with van der Waals surface area (Å²) in [4.78, 5) is 14.4. The van der Waals surface area contributed by atoms with Crippen LogP contribution in [0.4, 0.5) is 0 Å². The van der Waals surface area contributed by atoms with Crippen LogP contribution in [0, 0.1) is 0 Å². The van der Waals surface area contributed by atoms with Crippen molar-refractivity contribution in [3.63, 3.8) is 0 Å². The smallest absolute Gasteiger partial charge is 0.234 e. The van der Waals surface area contributed by atoms with E-state index < -0.39 is 0 Å². The van der Waals surface area contributed by atoms with Gasteiger partial charge in [-0.2, -0.15) is 0 Å². The van der Waals surface area contributed by atoms with Crippen molar-refractivity contribution < 1.29 is 0 Å². The SMILES string of the molecule is c1ccc(-c2c(-c3ccccc3)n(-c3ccc(-c4nc5ccccc5n4-c4ccccc4)cc3)c3c2ccc2c4cccc(-c5ccc(-c6cn7cccnc7n6)cc5)c4ccc23)cc1. The Labute approximate surface area is 374 Å². The molecule has 0 N–H and O–H groups in total. The zero-order valence-electron chi connectivity index (χ0n) is 35.1. The molecule has 0 atom stereocenters. The number of aromatic nitrogens is 6. The lowest BCUT2D eigenvalue weighted by Crippen LogP contribution is -2.00. The van der Waals surface area contributed by atoms with E-state index in [1.807, 2.05) is 22.9 Å². The first-order chi connectivity index (χ1) is 32.2. The van der Waals surface area contributed by atoms with E-state index in [-0.39, 0.29) is 0 Å². The third-order valence-corrected chi connectivity index (χ3v) is 12.8. The fourth-order valence-corrected chi connectivity index (χ4v) is 9.84. The summed E-state index contributed by atoms with van der Waals surface area (Å²) in [6.45, 7) is 0. The summed E-state index contributed by atoms with van der Waals surface area (Å²) in [6, 6.07) is 76.1. The number of hydrogen-bond donors (Lipinski definition) is 0. The second kappa shape index (κ2) is 14.9. The topological polar surface area (TPSA) is 52.9 Å². The number of benzene rings is 9. The number of hydrogen-bond acceptors (Lipinski definition) is 3. The highest BCUT2D eigenvalue weighted by atomic mass is 15.1. The normalized spacial score (nSPS) is 11.7. The molecular weight excluding hydrogens is 793 g/mol. The molecule has 0 fully saturated rings. The van der Waals surface area contributed by atoms with Crippen LogP contribution in [-0.4, -0.2) is 28.5 Å². The lowest BCUT2D eigenvalue weighted by Gasteiger charge is -2.16. The summed E-state index contributed by atoms with van der Waals surface area (Å²) in [5.41, 5.74) is 15.4. The van der Waals surface area contributed by atoms with Crippen LogP contribution in [0.2, 0.25) is 0 Å². The van der Waals surface area contributed by atoms with Gasteiger partial charge >= 0.3 is 0 Å². The Morgan fingerprint density at radius 2 is 1.02 bits per heavy atom. The lowest BCUT2D eigenvalue weighted by molar-refractivity contribution is 1.10. The molecule has 304 valence electrons. The molecule has 6 nitrogen and oxygen atoms in total.